The average molecular weight is 329 g/mol. The van der Waals surface area contributed by atoms with Crippen molar-refractivity contribution >= 4 is 17.8 Å². The largest absolute Gasteiger partial charge is 0.336 e. The monoisotopic (exact) mass is 329 g/mol. The zero-order valence-corrected chi connectivity index (χ0v) is 14.2. The van der Waals surface area contributed by atoms with Crippen LogP contribution in [0.25, 0.3) is 0 Å². The van der Waals surface area contributed by atoms with E-state index in [0.29, 0.717) is 11.0 Å². The van der Waals surface area contributed by atoms with Crippen molar-refractivity contribution in [1.82, 2.24) is 5.06 Å². The Labute approximate surface area is 141 Å². The van der Waals surface area contributed by atoms with E-state index in [9.17, 15) is 14.4 Å². The van der Waals surface area contributed by atoms with Gasteiger partial charge < -0.3 is 4.84 Å². The topological polar surface area (TPSA) is 63.7 Å². The smallest absolute Gasteiger partial charge is 0.329 e. The third-order valence-electron chi connectivity index (χ3n) is 5.49. The van der Waals surface area contributed by atoms with Gasteiger partial charge in [0.2, 0.25) is 0 Å². The number of nitrogens with zero attached hydrogens (tertiary/aromatic N) is 1. The molecule has 24 heavy (non-hydrogen) atoms. The van der Waals surface area contributed by atoms with E-state index in [4.69, 9.17) is 4.84 Å². The van der Waals surface area contributed by atoms with Crippen LogP contribution in [-0.4, -0.2) is 22.8 Å². The third kappa shape index (κ3) is 2.95. The van der Waals surface area contributed by atoms with Crippen LogP contribution in [0.4, 0.5) is 0 Å². The van der Waals surface area contributed by atoms with Gasteiger partial charge in [-0.15, -0.1) is 0 Å². The van der Waals surface area contributed by atoms with Gasteiger partial charge in [0.25, 0.3) is 11.8 Å². The number of hydrogen-bond donors (Lipinski definition) is 0. The van der Waals surface area contributed by atoms with Gasteiger partial charge in [-0.3, -0.25) is 9.59 Å². The van der Waals surface area contributed by atoms with Crippen LogP contribution in [0.2, 0.25) is 0 Å². The van der Waals surface area contributed by atoms with Gasteiger partial charge in [-0.05, 0) is 24.0 Å². The lowest BCUT2D eigenvalue weighted by Gasteiger charge is -2.31. The quantitative estimate of drug-likeness (QED) is 0.792. The first-order valence-electron chi connectivity index (χ1n) is 8.70. The number of carbonyl (C=O) groups excluding carboxylic acids is 3. The zero-order valence-electron chi connectivity index (χ0n) is 14.2. The molecule has 2 unspecified atom stereocenters. The van der Waals surface area contributed by atoms with E-state index in [0.717, 1.165) is 12.8 Å². The first-order chi connectivity index (χ1) is 11.5. The molecule has 2 amide bonds. The summed E-state index contributed by atoms with van der Waals surface area (Å²) in [7, 11) is 0. The van der Waals surface area contributed by atoms with E-state index >= 15 is 0 Å². The molecule has 2 aliphatic rings. The maximum absolute atomic E-state index is 12.5. The predicted molar refractivity (Wildman–Crippen MR) is 87.9 cm³/mol. The molecule has 1 aromatic carbocycles. The van der Waals surface area contributed by atoms with Crippen LogP contribution in [0.15, 0.2) is 24.3 Å². The number of benzene rings is 1. The highest BCUT2D eigenvalue weighted by molar-refractivity contribution is 6.20. The minimum Gasteiger partial charge on any atom is -0.329 e. The summed E-state index contributed by atoms with van der Waals surface area (Å²) in [5.41, 5.74) is 0.562. The Bertz CT molecular complexity index is 628. The number of imide groups is 1. The van der Waals surface area contributed by atoms with Crippen LogP contribution in [0.3, 0.4) is 0 Å². The fraction of sp³-hybridized carbons (Fsp3) is 0.526. The molecule has 5 nitrogen and oxygen atoms in total. The zero-order chi connectivity index (χ0) is 17.3. The van der Waals surface area contributed by atoms with Gasteiger partial charge in [0.15, 0.2) is 0 Å². The SMILES string of the molecule is CC(C(=O)ON1C(=O)c2ccccc2C1=O)C(C)C1CCCCC1. The summed E-state index contributed by atoms with van der Waals surface area (Å²) >= 11 is 0. The van der Waals surface area contributed by atoms with Crippen molar-refractivity contribution in [2.24, 2.45) is 17.8 Å². The molecule has 2 atom stereocenters. The second kappa shape index (κ2) is 6.75. The summed E-state index contributed by atoms with van der Waals surface area (Å²) in [6.07, 6.45) is 5.93. The molecule has 5 heteroatoms. The van der Waals surface area contributed by atoms with E-state index in [1.165, 1.54) is 19.3 Å². The average Bonchev–Trinajstić information content (AvgIpc) is 2.86. The maximum Gasteiger partial charge on any atom is 0.336 e. The number of fused-ring (bicyclic) bond motifs is 1. The molecule has 0 spiro atoms. The van der Waals surface area contributed by atoms with Crippen molar-refractivity contribution in [1.29, 1.82) is 0 Å². The number of rotatable bonds is 4. The molecule has 1 aromatic rings. The molecule has 0 saturated heterocycles. The summed E-state index contributed by atoms with van der Waals surface area (Å²) in [5.74, 6) is -1.32. The van der Waals surface area contributed by atoms with Crippen LogP contribution in [0.5, 0.6) is 0 Å². The van der Waals surface area contributed by atoms with Crippen molar-refractivity contribution in [3.05, 3.63) is 35.4 Å². The predicted octanol–water partition coefficient (Wildman–Crippen LogP) is 3.59. The molecule has 1 saturated carbocycles. The highest BCUT2D eigenvalue weighted by Gasteiger charge is 2.40. The van der Waals surface area contributed by atoms with Crippen molar-refractivity contribution in [3.8, 4) is 0 Å². The minimum absolute atomic E-state index is 0.174. The van der Waals surface area contributed by atoms with Crippen molar-refractivity contribution in [3.63, 3.8) is 0 Å². The Morgan fingerprint density at radius 3 is 2.12 bits per heavy atom. The van der Waals surface area contributed by atoms with Crippen LogP contribution in [0, 0.1) is 17.8 Å². The lowest BCUT2D eigenvalue weighted by molar-refractivity contribution is -0.175. The van der Waals surface area contributed by atoms with Crippen LogP contribution < -0.4 is 0 Å². The van der Waals surface area contributed by atoms with Crippen LogP contribution >= 0.6 is 0 Å². The van der Waals surface area contributed by atoms with E-state index in [1.54, 1.807) is 24.3 Å². The Balaban J connectivity index is 1.66. The molecule has 0 bridgehead atoms. The van der Waals surface area contributed by atoms with Gasteiger partial charge in [0.05, 0.1) is 17.0 Å². The molecule has 1 aliphatic heterocycles. The normalized spacial score (nSPS) is 20.7. The maximum atomic E-state index is 12.5. The Kier molecular flexibility index (Phi) is 4.69. The van der Waals surface area contributed by atoms with E-state index in [2.05, 4.69) is 6.92 Å². The lowest BCUT2D eigenvalue weighted by atomic mass is 9.76. The van der Waals surface area contributed by atoms with Gasteiger partial charge in [-0.1, -0.05) is 63.1 Å². The molecule has 1 heterocycles. The number of hydrogen-bond acceptors (Lipinski definition) is 4. The van der Waals surface area contributed by atoms with Crippen molar-refractivity contribution in [2.45, 2.75) is 46.0 Å². The van der Waals surface area contributed by atoms with Crippen LogP contribution in [-0.2, 0) is 9.63 Å². The summed E-state index contributed by atoms with van der Waals surface area (Å²) in [6, 6.07) is 6.50. The van der Waals surface area contributed by atoms with E-state index in [-0.39, 0.29) is 23.0 Å². The Hall–Kier alpha value is -2.17. The van der Waals surface area contributed by atoms with Crippen molar-refractivity contribution in [2.75, 3.05) is 0 Å². The van der Waals surface area contributed by atoms with Gasteiger partial charge in [0, 0.05) is 0 Å². The molecule has 3 rings (SSSR count). The molecular formula is C19H23NO4. The summed E-state index contributed by atoms with van der Waals surface area (Å²) in [4.78, 5) is 42.2. The van der Waals surface area contributed by atoms with E-state index < -0.39 is 17.8 Å². The summed E-state index contributed by atoms with van der Waals surface area (Å²) in [6.45, 7) is 3.88. The Morgan fingerprint density at radius 1 is 1.04 bits per heavy atom. The van der Waals surface area contributed by atoms with Crippen molar-refractivity contribution < 1.29 is 19.2 Å². The number of amides is 2. The number of hydroxylamine groups is 2. The fourth-order valence-corrected chi connectivity index (χ4v) is 3.71. The van der Waals surface area contributed by atoms with Gasteiger partial charge >= 0.3 is 5.97 Å². The Morgan fingerprint density at radius 2 is 1.58 bits per heavy atom. The standard InChI is InChI=1S/C19H23NO4/c1-12(14-8-4-3-5-9-14)13(2)19(23)24-20-17(21)15-10-6-7-11-16(15)18(20)22/h6-7,10-14H,3-5,8-9H2,1-2H3. The first-order valence-corrected chi connectivity index (χ1v) is 8.70. The summed E-state index contributed by atoms with van der Waals surface area (Å²) < 4.78 is 0. The highest BCUT2D eigenvalue weighted by atomic mass is 16.7. The summed E-state index contributed by atoms with van der Waals surface area (Å²) in [5, 5.41) is 0.608. The highest BCUT2D eigenvalue weighted by Crippen LogP contribution is 2.34. The van der Waals surface area contributed by atoms with Gasteiger partial charge in [-0.2, -0.15) is 0 Å². The fourth-order valence-electron chi connectivity index (χ4n) is 3.71. The molecule has 1 fully saturated rings. The molecule has 128 valence electrons. The third-order valence-corrected chi connectivity index (χ3v) is 5.49. The van der Waals surface area contributed by atoms with Crippen LogP contribution in [0.1, 0.15) is 66.7 Å². The molecule has 0 N–H and O–H groups in total. The minimum atomic E-state index is -0.568. The van der Waals surface area contributed by atoms with E-state index in [1.807, 2.05) is 6.92 Å². The second-order valence-corrected chi connectivity index (χ2v) is 6.91. The molecule has 0 radical (unpaired) electrons. The second-order valence-electron chi connectivity index (χ2n) is 6.91. The molecular weight excluding hydrogens is 306 g/mol. The van der Waals surface area contributed by atoms with Gasteiger partial charge in [0.1, 0.15) is 0 Å². The number of carbonyl (C=O) groups is 3. The molecule has 1 aliphatic carbocycles. The molecule has 0 aromatic heterocycles. The lowest BCUT2D eigenvalue weighted by Crippen LogP contribution is -2.37. The van der Waals surface area contributed by atoms with Gasteiger partial charge in [-0.25, -0.2) is 4.79 Å². The first kappa shape index (κ1) is 16.7.